The monoisotopic (exact) mass is 316 g/mol. The van der Waals surface area contributed by atoms with Gasteiger partial charge in [-0.1, -0.05) is 23.7 Å². The molecular formula is C8H9ClO7S2. The van der Waals surface area contributed by atoms with E-state index < -0.39 is 36.5 Å². The lowest BCUT2D eigenvalue weighted by molar-refractivity contribution is 0.133. The zero-order chi connectivity index (χ0) is 14.2. The fourth-order valence-corrected chi connectivity index (χ4v) is 3.53. The maximum Gasteiger partial charge on any atom is 0.300 e. The fraction of sp³-hybridized carbons (Fsp3) is 0.250. The molecule has 1 unspecified atom stereocenters. The first-order valence-electron chi connectivity index (χ1n) is 4.36. The van der Waals surface area contributed by atoms with E-state index in [0.29, 0.717) is 0 Å². The maximum atomic E-state index is 11.1. The van der Waals surface area contributed by atoms with Crippen molar-refractivity contribution in [2.45, 2.75) is 4.93 Å². The van der Waals surface area contributed by atoms with E-state index >= 15 is 0 Å². The normalized spacial score (nSPS) is 16.2. The number of rotatable bonds is 4. The largest absolute Gasteiger partial charge is 0.368 e. The molecule has 1 atom stereocenters. The Labute approximate surface area is 109 Å². The molecule has 1 rings (SSSR count). The van der Waals surface area contributed by atoms with Gasteiger partial charge in [0.05, 0.1) is 0 Å². The molecule has 0 heterocycles. The van der Waals surface area contributed by atoms with Crippen LogP contribution in [0.4, 0.5) is 0 Å². The highest BCUT2D eigenvalue weighted by molar-refractivity contribution is 7.90. The van der Waals surface area contributed by atoms with Crippen molar-refractivity contribution in [3.05, 3.63) is 34.9 Å². The number of aliphatic hydroxyl groups is 1. The van der Waals surface area contributed by atoms with Crippen molar-refractivity contribution < 1.29 is 31.0 Å². The Kier molecular flexibility index (Phi) is 4.06. The molecular weight excluding hydrogens is 308 g/mol. The Morgan fingerprint density at radius 1 is 1.06 bits per heavy atom. The van der Waals surface area contributed by atoms with Crippen LogP contribution >= 0.6 is 11.6 Å². The first-order valence-corrected chi connectivity index (χ1v) is 7.79. The minimum absolute atomic E-state index is 0.211. The first-order chi connectivity index (χ1) is 7.96. The Morgan fingerprint density at radius 2 is 1.50 bits per heavy atom. The molecule has 0 aromatic heterocycles. The van der Waals surface area contributed by atoms with Gasteiger partial charge in [0.15, 0.2) is 0 Å². The molecule has 1 aromatic rings. The van der Waals surface area contributed by atoms with Gasteiger partial charge in [0, 0.05) is 10.6 Å². The zero-order valence-electron chi connectivity index (χ0n) is 8.69. The summed E-state index contributed by atoms with van der Waals surface area (Å²) in [4.78, 5) is -3.16. The molecule has 0 amide bonds. The van der Waals surface area contributed by atoms with Gasteiger partial charge in [-0.3, -0.25) is 9.11 Å². The number of hydrogen-bond acceptors (Lipinski definition) is 5. The zero-order valence-corrected chi connectivity index (χ0v) is 11.1. The summed E-state index contributed by atoms with van der Waals surface area (Å²) in [5, 5.41) is 10.0. The summed E-state index contributed by atoms with van der Waals surface area (Å²) in [5.41, 5.74) is -0.438. The molecule has 10 heteroatoms. The Bertz CT molecular complexity index is 635. The average Bonchev–Trinajstić information content (AvgIpc) is 2.13. The van der Waals surface area contributed by atoms with E-state index in [1.165, 1.54) is 12.1 Å². The van der Waals surface area contributed by atoms with E-state index in [9.17, 15) is 21.9 Å². The molecule has 0 bridgehead atoms. The van der Waals surface area contributed by atoms with Crippen LogP contribution in [0.2, 0.25) is 5.02 Å². The molecule has 0 saturated carbocycles. The number of halogens is 1. The predicted molar refractivity (Wildman–Crippen MR) is 63.3 cm³/mol. The molecule has 18 heavy (non-hydrogen) atoms. The Morgan fingerprint density at radius 3 is 1.83 bits per heavy atom. The quantitative estimate of drug-likeness (QED) is 0.679. The molecule has 0 aliphatic heterocycles. The summed E-state index contributed by atoms with van der Waals surface area (Å²) < 4.78 is 61.3. The van der Waals surface area contributed by atoms with Crippen molar-refractivity contribution in [2.75, 3.05) is 5.75 Å². The summed E-state index contributed by atoms with van der Waals surface area (Å²) in [6.45, 7) is 0. The fourth-order valence-electron chi connectivity index (χ4n) is 1.26. The van der Waals surface area contributed by atoms with Crippen LogP contribution in [-0.2, 0) is 25.2 Å². The lowest BCUT2D eigenvalue weighted by Crippen LogP contribution is -2.41. The van der Waals surface area contributed by atoms with Crippen molar-refractivity contribution in [1.82, 2.24) is 0 Å². The average molecular weight is 317 g/mol. The number of benzene rings is 1. The van der Waals surface area contributed by atoms with Crippen molar-refractivity contribution in [1.29, 1.82) is 0 Å². The van der Waals surface area contributed by atoms with E-state index in [4.69, 9.17) is 20.7 Å². The van der Waals surface area contributed by atoms with Crippen LogP contribution in [0.3, 0.4) is 0 Å². The molecule has 7 nitrogen and oxygen atoms in total. The minimum atomic E-state index is -5.19. The van der Waals surface area contributed by atoms with Gasteiger partial charge in [-0.15, -0.1) is 0 Å². The Hall–Kier alpha value is -0.710. The second-order valence-electron chi connectivity index (χ2n) is 3.49. The van der Waals surface area contributed by atoms with Crippen molar-refractivity contribution in [2.24, 2.45) is 0 Å². The maximum absolute atomic E-state index is 11.1. The van der Waals surface area contributed by atoms with Crippen LogP contribution < -0.4 is 0 Å². The molecule has 0 fully saturated rings. The molecule has 0 radical (unpaired) electrons. The van der Waals surface area contributed by atoms with Gasteiger partial charge in [0.2, 0.25) is 4.93 Å². The Balaban J connectivity index is 3.44. The minimum Gasteiger partial charge on any atom is -0.368 e. The molecule has 3 N–H and O–H groups in total. The van der Waals surface area contributed by atoms with Crippen molar-refractivity contribution in [3.63, 3.8) is 0 Å². The van der Waals surface area contributed by atoms with Crippen molar-refractivity contribution in [3.8, 4) is 0 Å². The highest BCUT2D eigenvalue weighted by Gasteiger charge is 2.46. The van der Waals surface area contributed by atoms with Crippen LogP contribution in [0.25, 0.3) is 0 Å². The highest BCUT2D eigenvalue weighted by atomic mass is 35.5. The third-order valence-corrected chi connectivity index (χ3v) is 4.55. The van der Waals surface area contributed by atoms with Crippen LogP contribution in [0.5, 0.6) is 0 Å². The van der Waals surface area contributed by atoms with Gasteiger partial charge in [-0.05, 0) is 12.1 Å². The first kappa shape index (κ1) is 15.3. The van der Waals surface area contributed by atoms with Crippen LogP contribution in [-0.4, -0.2) is 36.8 Å². The molecule has 0 aliphatic rings. The van der Waals surface area contributed by atoms with Crippen LogP contribution in [0.1, 0.15) is 5.56 Å². The van der Waals surface area contributed by atoms with Gasteiger partial charge in [-0.2, -0.15) is 16.8 Å². The SMILES string of the molecule is O=S(=O)(O)CC(O)(c1ccc(Cl)cc1)S(=O)(=O)O. The van der Waals surface area contributed by atoms with Gasteiger partial charge in [-0.25, -0.2) is 0 Å². The van der Waals surface area contributed by atoms with Gasteiger partial charge >= 0.3 is 10.1 Å². The van der Waals surface area contributed by atoms with E-state index in [1.54, 1.807) is 0 Å². The summed E-state index contributed by atoms with van der Waals surface area (Å²) in [6.07, 6.45) is 0. The predicted octanol–water partition coefficient (Wildman–Crippen LogP) is 0.261. The summed E-state index contributed by atoms with van der Waals surface area (Å²) in [7, 11) is -10.0. The molecule has 0 spiro atoms. The second kappa shape index (κ2) is 4.76. The molecule has 1 aromatic carbocycles. The third-order valence-electron chi connectivity index (χ3n) is 2.10. The summed E-state index contributed by atoms with van der Waals surface area (Å²) >= 11 is 5.55. The molecule has 0 saturated heterocycles. The van der Waals surface area contributed by atoms with E-state index in [1.807, 2.05) is 0 Å². The molecule has 102 valence electrons. The van der Waals surface area contributed by atoms with Gasteiger partial charge < -0.3 is 5.11 Å². The summed E-state index contributed by atoms with van der Waals surface area (Å²) in [6, 6.07) is 4.41. The summed E-state index contributed by atoms with van der Waals surface area (Å²) in [5.74, 6) is -1.60. The lowest BCUT2D eigenvalue weighted by atomic mass is 10.1. The third kappa shape index (κ3) is 3.40. The van der Waals surface area contributed by atoms with Crippen molar-refractivity contribution >= 4 is 31.8 Å². The van der Waals surface area contributed by atoms with Crippen LogP contribution in [0, 0.1) is 0 Å². The number of hydrogen-bond donors (Lipinski definition) is 3. The van der Waals surface area contributed by atoms with E-state index in [-0.39, 0.29) is 5.02 Å². The second-order valence-corrected chi connectivity index (χ2v) is 7.01. The lowest BCUT2D eigenvalue weighted by Gasteiger charge is -2.23. The van der Waals surface area contributed by atoms with Gasteiger partial charge in [0.25, 0.3) is 10.1 Å². The van der Waals surface area contributed by atoms with E-state index in [2.05, 4.69) is 0 Å². The van der Waals surface area contributed by atoms with Crippen LogP contribution in [0.15, 0.2) is 24.3 Å². The van der Waals surface area contributed by atoms with E-state index in [0.717, 1.165) is 12.1 Å². The smallest absolute Gasteiger partial charge is 0.300 e. The highest BCUT2D eigenvalue weighted by Crippen LogP contribution is 2.29. The van der Waals surface area contributed by atoms with Gasteiger partial charge in [0.1, 0.15) is 5.75 Å². The topological polar surface area (TPSA) is 129 Å². The standard InChI is InChI=1S/C8H9ClO7S2/c9-7-3-1-6(2-4-7)8(10,18(14,15)16)5-17(11,12)13/h1-4,10H,5H2,(H,11,12,13)(H,14,15,16). The molecule has 0 aliphatic carbocycles.